The summed E-state index contributed by atoms with van der Waals surface area (Å²) in [4.78, 5) is 43.7. The number of quaternary nitrogens is 1. The van der Waals surface area contributed by atoms with Gasteiger partial charge in [0.2, 0.25) is 0 Å². The third kappa shape index (κ3) is 10.2. The van der Waals surface area contributed by atoms with Crippen LogP contribution in [0.5, 0.6) is 0 Å². The van der Waals surface area contributed by atoms with Crippen LogP contribution in [0.15, 0.2) is 0 Å². The van der Waals surface area contributed by atoms with E-state index in [2.05, 4.69) is 0 Å². The Morgan fingerprint density at radius 3 is 1.88 bits per heavy atom. The van der Waals surface area contributed by atoms with Crippen LogP contribution in [0.1, 0.15) is 19.3 Å². The van der Waals surface area contributed by atoms with Crippen molar-refractivity contribution in [2.24, 2.45) is 0 Å². The molecule has 0 spiro atoms. The van der Waals surface area contributed by atoms with Crippen molar-refractivity contribution in [3.05, 3.63) is 0 Å². The van der Waals surface area contributed by atoms with Crippen LogP contribution in [0.25, 0.3) is 0 Å². The molecular weight excluding hydrogens is 380 g/mol. The van der Waals surface area contributed by atoms with Crippen LogP contribution in [0.3, 0.4) is 0 Å². The molecule has 24 heavy (non-hydrogen) atoms. The van der Waals surface area contributed by atoms with E-state index in [1.807, 2.05) is 0 Å². The molecule has 0 rings (SSSR count). The number of rotatable bonds is 10. The molecule has 0 amide bonds. The normalized spacial score (nSPS) is 14.7. The molecule has 0 aromatic rings. The van der Waals surface area contributed by atoms with Crippen LogP contribution in [0, 0.1) is 0 Å². The molecule has 0 bridgehead atoms. The summed E-state index contributed by atoms with van der Waals surface area (Å²) >= 11 is 0. The van der Waals surface area contributed by atoms with Crippen molar-refractivity contribution in [2.75, 3.05) is 27.7 Å². The van der Waals surface area contributed by atoms with E-state index in [0.717, 1.165) is 0 Å². The van der Waals surface area contributed by atoms with E-state index in [0.29, 0.717) is 0 Å². The van der Waals surface area contributed by atoms with Gasteiger partial charge in [-0.3, -0.25) is 4.79 Å². The molecule has 0 aromatic heterocycles. The molecule has 1 N–H and O–H groups in total. The molecule has 132 valence electrons. The number of carboxylic acids is 3. The Morgan fingerprint density at radius 2 is 1.54 bits per heavy atom. The van der Waals surface area contributed by atoms with E-state index in [4.69, 9.17) is 4.74 Å². The average molecular weight is 399 g/mol. The van der Waals surface area contributed by atoms with Crippen LogP contribution in [-0.2, 0) is 43.4 Å². The molecule has 0 radical (unpaired) electrons. The first-order valence-corrected chi connectivity index (χ1v) is 6.58. The summed E-state index contributed by atoms with van der Waals surface area (Å²) in [6, 6.07) is 0. The van der Waals surface area contributed by atoms with Gasteiger partial charge in [0.1, 0.15) is 12.1 Å². The fraction of sp³-hybridized carbons (Fsp3) is 0.692. The number of aliphatic carboxylic acids is 3. The second-order valence-electron chi connectivity index (χ2n) is 6.21. The minimum Gasteiger partial charge on any atom is -0.550 e. The minimum atomic E-state index is -3.00. The molecule has 1 unspecified atom stereocenters. The smallest absolute Gasteiger partial charge is 0.550 e. The van der Waals surface area contributed by atoms with Gasteiger partial charge in [-0.1, -0.05) is 0 Å². The van der Waals surface area contributed by atoms with E-state index in [1.54, 1.807) is 21.1 Å². The first kappa shape index (κ1) is 24.7. The molecule has 2 atom stereocenters. The number of aliphatic hydroxyl groups is 1. The summed E-state index contributed by atoms with van der Waals surface area (Å²) in [5, 5.41) is 41.6. The Kier molecular flexibility index (Phi) is 9.93. The van der Waals surface area contributed by atoms with Crippen molar-refractivity contribution < 1.29 is 68.3 Å². The topological polar surface area (TPSA) is 167 Å². The second kappa shape index (κ2) is 9.65. The van der Waals surface area contributed by atoms with Gasteiger partial charge < -0.3 is 44.0 Å². The van der Waals surface area contributed by atoms with Gasteiger partial charge in [0.05, 0.1) is 33.5 Å². The Balaban J connectivity index is 0. The van der Waals surface area contributed by atoms with Gasteiger partial charge in [0.25, 0.3) is 0 Å². The SMILES string of the molecule is C[N+](C)(C)C[C@@H](CC(=O)[O-])OC(=O)CC(O)(CC(=O)[O-])C(=O)[O-].[Zn+2]. The van der Waals surface area contributed by atoms with Crippen LogP contribution >= 0.6 is 0 Å². The quantitative estimate of drug-likeness (QED) is 0.215. The van der Waals surface area contributed by atoms with E-state index < -0.39 is 54.8 Å². The summed E-state index contributed by atoms with van der Waals surface area (Å²) in [6.07, 6.45) is -4.36. The predicted molar refractivity (Wildman–Crippen MR) is 66.6 cm³/mol. The fourth-order valence-corrected chi connectivity index (χ4v) is 1.85. The standard InChI is InChI=1S/C13H21NO9.Zn/c1-14(2,3)7-8(4-9(15)16)23-11(19)6-13(22,12(20)21)5-10(17)18;/h8,22H,4-7H2,1-3H3,(H2-,15,16,17,18,20,21);/q;+2/p-2/t8-,13?;/m1./s1. The van der Waals surface area contributed by atoms with Crippen LogP contribution < -0.4 is 15.3 Å². The fourth-order valence-electron chi connectivity index (χ4n) is 1.85. The van der Waals surface area contributed by atoms with Gasteiger partial charge in [-0.05, 0) is 0 Å². The minimum absolute atomic E-state index is 0. The van der Waals surface area contributed by atoms with Crippen molar-refractivity contribution in [1.29, 1.82) is 0 Å². The third-order valence-electron chi connectivity index (χ3n) is 2.70. The van der Waals surface area contributed by atoms with Crippen molar-refractivity contribution in [3.63, 3.8) is 0 Å². The zero-order chi connectivity index (χ0) is 18.4. The maximum Gasteiger partial charge on any atom is 2.00 e. The molecule has 10 nitrogen and oxygen atoms in total. The van der Waals surface area contributed by atoms with Crippen molar-refractivity contribution in [3.8, 4) is 0 Å². The molecule has 0 aliphatic heterocycles. The summed E-state index contributed by atoms with van der Waals surface area (Å²) in [5.74, 6) is -6.84. The van der Waals surface area contributed by atoms with Gasteiger partial charge in [-0.2, -0.15) is 0 Å². The maximum absolute atomic E-state index is 11.7. The summed E-state index contributed by atoms with van der Waals surface area (Å²) in [6.45, 7) is 0.0734. The number of ether oxygens (including phenoxy) is 1. The molecule has 0 aromatic carbocycles. The van der Waals surface area contributed by atoms with Gasteiger partial charge in [0, 0.05) is 24.8 Å². The predicted octanol–water partition coefficient (Wildman–Crippen LogP) is -5.25. The number of esters is 1. The van der Waals surface area contributed by atoms with E-state index in [1.165, 1.54) is 0 Å². The number of carbonyl (C=O) groups excluding carboxylic acids is 4. The van der Waals surface area contributed by atoms with Crippen molar-refractivity contribution in [2.45, 2.75) is 31.0 Å². The molecule has 0 saturated carbocycles. The van der Waals surface area contributed by atoms with Gasteiger partial charge >= 0.3 is 25.4 Å². The summed E-state index contributed by atoms with van der Waals surface area (Å²) in [7, 11) is 5.09. The summed E-state index contributed by atoms with van der Waals surface area (Å²) in [5.41, 5.74) is -3.00. The van der Waals surface area contributed by atoms with Gasteiger partial charge in [0.15, 0.2) is 6.10 Å². The molecule has 0 aliphatic rings. The number of carbonyl (C=O) groups is 4. The monoisotopic (exact) mass is 397 g/mol. The largest absolute Gasteiger partial charge is 2.00 e. The maximum atomic E-state index is 11.7. The van der Waals surface area contributed by atoms with Crippen LogP contribution in [0.2, 0.25) is 0 Å². The zero-order valence-electron chi connectivity index (χ0n) is 13.8. The van der Waals surface area contributed by atoms with Crippen molar-refractivity contribution in [1.82, 2.24) is 0 Å². The van der Waals surface area contributed by atoms with Crippen molar-refractivity contribution >= 4 is 23.9 Å². The Labute approximate surface area is 151 Å². The Bertz CT molecular complexity index is 488. The molecule has 0 heterocycles. The Morgan fingerprint density at radius 1 is 1.04 bits per heavy atom. The van der Waals surface area contributed by atoms with Gasteiger partial charge in [-0.15, -0.1) is 0 Å². The first-order valence-electron chi connectivity index (χ1n) is 6.58. The van der Waals surface area contributed by atoms with Gasteiger partial charge in [-0.25, -0.2) is 0 Å². The first-order chi connectivity index (χ1) is 10.2. The molecule has 0 fully saturated rings. The second-order valence-corrected chi connectivity index (χ2v) is 6.21. The number of hydrogen-bond acceptors (Lipinski definition) is 9. The summed E-state index contributed by atoms with van der Waals surface area (Å²) < 4.78 is 5.06. The van der Waals surface area contributed by atoms with E-state index in [9.17, 15) is 39.6 Å². The van der Waals surface area contributed by atoms with Crippen LogP contribution in [-0.4, -0.2) is 72.9 Å². The third-order valence-corrected chi connectivity index (χ3v) is 2.70. The number of hydrogen-bond donors (Lipinski definition) is 1. The zero-order valence-corrected chi connectivity index (χ0v) is 16.7. The van der Waals surface area contributed by atoms with E-state index >= 15 is 0 Å². The molecule has 0 saturated heterocycles. The average Bonchev–Trinajstić information content (AvgIpc) is 2.22. The number of nitrogens with zero attached hydrogens (tertiary/aromatic N) is 1. The molecule has 11 heteroatoms. The number of likely N-dealkylation sites (N-methyl/N-ethyl adjacent to an activating group) is 1. The molecular formula is C13H19NO9Zn. The van der Waals surface area contributed by atoms with Crippen LogP contribution in [0.4, 0.5) is 0 Å². The van der Waals surface area contributed by atoms with E-state index in [-0.39, 0.29) is 30.5 Å². The Hall–Kier alpha value is -1.58. The number of carboxylic acid groups (broad SMARTS) is 3. The molecule has 0 aliphatic carbocycles.